The monoisotopic (exact) mass is 547 g/mol. The van der Waals surface area contributed by atoms with Gasteiger partial charge in [-0.15, -0.1) is 0 Å². The van der Waals surface area contributed by atoms with Crippen LogP contribution in [-0.4, -0.2) is 65.4 Å². The lowest BCUT2D eigenvalue weighted by molar-refractivity contribution is -0.131. The van der Waals surface area contributed by atoms with Crippen molar-refractivity contribution in [3.8, 4) is 5.75 Å². The van der Waals surface area contributed by atoms with Crippen LogP contribution in [0, 0.1) is 5.92 Å². The van der Waals surface area contributed by atoms with Gasteiger partial charge in [-0.25, -0.2) is 0 Å². The lowest BCUT2D eigenvalue weighted by Gasteiger charge is -2.28. The number of hydrogen-bond donors (Lipinski definition) is 1. The van der Waals surface area contributed by atoms with Gasteiger partial charge in [0.2, 0.25) is 5.91 Å². The molecule has 1 N–H and O–H groups in total. The average Bonchev–Trinajstić information content (AvgIpc) is 3.31. The molecule has 3 aliphatic rings. The molecular weight excluding hydrogens is 510 g/mol. The summed E-state index contributed by atoms with van der Waals surface area (Å²) in [5.74, 6) is 1.08. The van der Waals surface area contributed by atoms with Crippen LogP contribution in [0.3, 0.4) is 0 Å². The Labute approximate surface area is 236 Å². The third-order valence-electron chi connectivity index (χ3n) is 8.03. The van der Waals surface area contributed by atoms with E-state index in [2.05, 4.69) is 23.1 Å². The first kappa shape index (κ1) is 27.6. The predicted molar refractivity (Wildman–Crippen MR) is 157 cm³/mol. The quantitative estimate of drug-likeness (QED) is 0.498. The molecule has 1 amide bonds. The number of aliphatic hydroxyl groups is 1. The zero-order valence-electron chi connectivity index (χ0n) is 23.0. The van der Waals surface area contributed by atoms with Crippen LogP contribution >= 0.6 is 11.6 Å². The van der Waals surface area contributed by atoms with E-state index >= 15 is 0 Å². The minimum atomic E-state index is -0.939. The van der Waals surface area contributed by atoms with E-state index in [0.29, 0.717) is 18.2 Å². The van der Waals surface area contributed by atoms with Gasteiger partial charge in [0.1, 0.15) is 12.4 Å². The largest absolute Gasteiger partial charge is 0.491 e. The summed E-state index contributed by atoms with van der Waals surface area (Å²) in [7, 11) is 0. The topological polar surface area (TPSA) is 65.4 Å². The minimum Gasteiger partial charge on any atom is -0.491 e. The van der Waals surface area contributed by atoms with Crippen LogP contribution in [0.5, 0.6) is 5.75 Å². The van der Waals surface area contributed by atoms with Gasteiger partial charge in [0.15, 0.2) is 0 Å². The number of benzene rings is 2. The molecule has 1 unspecified atom stereocenters. The molecule has 6 nitrogen and oxygen atoms in total. The molecule has 206 valence electrons. The molecule has 1 fully saturated rings. The summed E-state index contributed by atoms with van der Waals surface area (Å²) >= 11 is 6.04. The number of likely N-dealkylation sites (tertiary alicyclic amines) is 1. The van der Waals surface area contributed by atoms with Gasteiger partial charge in [-0.2, -0.15) is 0 Å². The smallest absolute Gasteiger partial charge is 0.220 e. The minimum absolute atomic E-state index is 0.0346. The number of ether oxygens (including phenoxy) is 1. The number of halogens is 1. The molecule has 2 aromatic carbocycles. The number of allylic oxidation sites excluding steroid dienone is 1. The van der Waals surface area contributed by atoms with Crippen molar-refractivity contribution in [3.05, 3.63) is 82.4 Å². The van der Waals surface area contributed by atoms with Gasteiger partial charge in [0.05, 0.1) is 11.6 Å². The Kier molecular flexibility index (Phi) is 8.27. The molecule has 3 aliphatic heterocycles. The molecule has 7 heteroatoms. The first-order valence-electron chi connectivity index (χ1n) is 13.8. The number of fused-ring (bicyclic) bond motifs is 2. The molecule has 39 heavy (non-hydrogen) atoms. The van der Waals surface area contributed by atoms with Crippen LogP contribution in [0.2, 0.25) is 5.02 Å². The highest BCUT2D eigenvalue weighted by molar-refractivity contribution is 6.30. The number of nitrogens with zero attached hydrogens (tertiary/aromatic N) is 3. The van der Waals surface area contributed by atoms with Crippen molar-refractivity contribution >= 4 is 29.3 Å². The van der Waals surface area contributed by atoms with E-state index in [1.54, 1.807) is 6.92 Å². The lowest BCUT2D eigenvalue weighted by atomic mass is 9.84. The van der Waals surface area contributed by atoms with Gasteiger partial charge >= 0.3 is 0 Å². The summed E-state index contributed by atoms with van der Waals surface area (Å²) in [5.41, 5.74) is 3.26. The predicted octanol–water partition coefficient (Wildman–Crippen LogP) is 5.48. The summed E-state index contributed by atoms with van der Waals surface area (Å²) in [4.78, 5) is 21.7. The van der Waals surface area contributed by atoms with E-state index in [4.69, 9.17) is 21.3 Å². The summed E-state index contributed by atoms with van der Waals surface area (Å²) in [6.45, 7) is 9.16. The zero-order valence-corrected chi connectivity index (χ0v) is 23.8. The molecule has 2 aromatic rings. The molecule has 0 spiro atoms. The summed E-state index contributed by atoms with van der Waals surface area (Å²) < 4.78 is 6.19. The SMILES string of the molecule is CC(=O)N(Cc1ccc(Cl)cc1)[C@H]1CCN(CC/C=C2/c3cc(C(C)(C)O)ccc3OCC3N=CC=C[C@@H]23)C1. The Bertz CT molecular complexity index is 1280. The van der Waals surface area contributed by atoms with Crippen molar-refractivity contribution in [2.24, 2.45) is 10.9 Å². The molecule has 0 aliphatic carbocycles. The summed E-state index contributed by atoms with van der Waals surface area (Å²) in [6, 6.07) is 14.0. The van der Waals surface area contributed by atoms with Crippen LogP contribution in [0.1, 0.15) is 50.3 Å². The van der Waals surface area contributed by atoms with Crippen molar-refractivity contribution in [1.29, 1.82) is 0 Å². The van der Waals surface area contributed by atoms with Crippen molar-refractivity contribution < 1.29 is 14.6 Å². The number of carbonyl (C=O) groups is 1. The van der Waals surface area contributed by atoms with E-state index < -0.39 is 5.60 Å². The molecule has 0 aromatic heterocycles. The average molecular weight is 548 g/mol. The maximum absolute atomic E-state index is 12.5. The molecule has 5 rings (SSSR count). The van der Waals surface area contributed by atoms with Gasteiger partial charge < -0.3 is 19.6 Å². The molecule has 3 heterocycles. The number of rotatable bonds is 7. The van der Waals surface area contributed by atoms with E-state index in [-0.39, 0.29) is 23.9 Å². The van der Waals surface area contributed by atoms with Crippen molar-refractivity contribution in [2.75, 3.05) is 26.2 Å². The van der Waals surface area contributed by atoms with Gasteiger partial charge in [0, 0.05) is 61.9 Å². The van der Waals surface area contributed by atoms with Gasteiger partial charge in [-0.05, 0) is 73.7 Å². The normalized spacial score (nSPS) is 23.7. The highest BCUT2D eigenvalue weighted by Gasteiger charge is 2.32. The number of hydrogen-bond acceptors (Lipinski definition) is 5. The van der Waals surface area contributed by atoms with Crippen LogP contribution < -0.4 is 4.74 Å². The van der Waals surface area contributed by atoms with Crippen molar-refractivity contribution in [3.63, 3.8) is 0 Å². The van der Waals surface area contributed by atoms with Crippen molar-refractivity contribution in [1.82, 2.24) is 9.80 Å². The fraction of sp³-hybridized carbons (Fsp3) is 0.438. The maximum atomic E-state index is 12.5. The second-order valence-corrected chi connectivity index (χ2v) is 11.8. The highest BCUT2D eigenvalue weighted by atomic mass is 35.5. The van der Waals surface area contributed by atoms with Crippen LogP contribution in [0.15, 0.2) is 65.7 Å². The molecule has 1 saturated heterocycles. The summed E-state index contributed by atoms with van der Waals surface area (Å²) in [6.07, 6.45) is 10.3. The van der Waals surface area contributed by atoms with Crippen LogP contribution in [0.4, 0.5) is 0 Å². The first-order chi connectivity index (χ1) is 18.7. The Morgan fingerprint density at radius 3 is 2.79 bits per heavy atom. The fourth-order valence-electron chi connectivity index (χ4n) is 5.83. The van der Waals surface area contributed by atoms with E-state index in [1.807, 2.05) is 67.4 Å². The van der Waals surface area contributed by atoms with Gasteiger partial charge in [0.25, 0.3) is 0 Å². The lowest BCUT2D eigenvalue weighted by Crippen LogP contribution is -2.40. The Hall–Kier alpha value is -2.93. The van der Waals surface area contributed by atoms with Gasteiger partial charge in [-0.3, -0.25) is 9.79 Å². The van der Waals surface area contributed by atoms with E-state index in [1.165, 1.54) is 5.57 Å². The molecule has 0 radical (unpaired) electrons. The maximum Gasteiger partial charge on any atom is 0.220 e. The molecular formula is C32H38ClN3O3. The number of amides is 1. The highest BCUT2D eigenvalue weighted by Crippen LogP contribution is 2.41. The molecule has 3 atom stereocenters. The molecule has 0 saturated carbocycles. The second-order valence-electron chi connectivity index (χ2n) is 11.3. The van der Waals surface area contributed by atoms with Crippen LogP contribution in [-0.2, 0) is 16.9 Å². The third-order valence-corrected chi connectivity index (χ3v) is 8.28. The second kappa shape index (κ2) is 11.7. The first-order valence-corrected chi connectivity index (χ1v) is 14.2. The fourth-order valence-corrected chi connectivity index (χ4v) is 5.95. The zero-order chi connectivity index (χ0) is 27.6. The number of dihydropyridines is 1. The summed E-state index contributed by atoms with van der Waals surface area (Å²) in [5, 5.41) is 11.4. The van der Waals surface area contributed by atoms with Crippen LogP contribution in [0.25, 0.3) is 5.57 Å². The third kappa shape index (κ3) is 6.46. The Morgan fingerprint density at radius 2 is 2.05 bits per heavy atom. The molecule has 0 bridgehead atoms. The standard InChI is InChI=1S/C32H38ClN3O3/c1-22(37)36(19-23-8-11-25(33)12-9-23)26-14-17-35(20-26)16-5-7-27-28-6-4-15-34-30(28)21-39-31-13-10-24(18-29(27)31)32(2,3)38/h4,6-13,15,18,26,28,30,38H,5,14,16-17,19-21H2,1-3H3/b27-7+/t26-,28-,30?/m0/s1. The Morgan fingerprint density at radius 1 is 1.26 bits per heavy atom. The van der Waals surface area contributed by atoms with E-state index in [9.17, 15) is 9.90 Å². The number of carbonyl (C=O) groups excluding carboxylic acids is 1. The Balaban J connectivity index is 1.30. The number of aliphatic imine (C=N–C) groups is 1. The van der Waals surface area contributed by atoms with Crippen molar-refractivity contribution in [2.45, 2.75) is 57.8 Å². The van der Waals surface area contributed by atoms with E-state index in [0.717, 1.165) is 54.9 Å². The van der Waals surface area contributed by atoms with Gasteiger partial charge in [-0.1, -0.05) is 42.0 Å².